The molecule has 0 bridgehead atoms. The second kappa shape index (κ2) is 3.30. The maximum absolute atomic E-state index is 12.9. The van der Waals surface area contributed by atoms with Crippen LogP contribution < -0.4 is 0 Å². The molecule has 0 spiro atoms. The van der Waals surface area contributed by atoms with E-state index in [-0.39, 0.29) is 5.82 Å². The van der Waals surface area contributed by atoms with Crippen LogP contribution in [0.15, 0.2) is 39.5 Å². The predicted molar refractivity (Wildman–Crippen MR) is 49.6 cm³/mol. The highest BCUT2D eigenvalue weighted by molar-refractivity contribution is 9.10. The van der Waals surface area contributed by atoms with Gasteiger partial charge in [-0.3, -0.25) is 0 Å². The molecule has 2 aromatic rings. The van der Waals surface area contributed by atoms with Crippen molar-refractivity contribution in [1.82, 2.24) is 4.98 Å². The van der Waals surface area contributed by atoms with Gasteiger partial charge >= 0.3 is 0 Å². The Labute approximate surface area is 82.5 Å². The normalized spacial score (nSPS) is 10.3. The van der Waals surface area contributed by atoms with Crippen LogP contribution in [0.1, 0.15) is 0 Å². The summed E-state index contributed by atoms with van der Waals surface area (Å²) < 4.78 is 18.6. The van der Waals surface area contributed by atoms with Crippen molar-refractivity contribution in [3.05, 3.63) is 40.9 Å². The summed E-state index contributed by atoms with van der Waals surface area (Å²) in [6.45, 7) is 0. The van der Waals surface area contributed by atoms with Gasteiger partial charge in [0.2, 0.25) is 5.89 Å². The molecule has 4 heteroatoms. The van der Waals surface area contributed by atoms with E-state index in [1.807, 2.05) is 0 Å². The van der Waals surface area contributed by atoms with Crippen molar-refractivity contribution >= 4 is 15.9 Å². The maximum Gasteiger partial charge on any atom is 0.226 e. The standard InChI is InChI=1S/C9H5BrFNO/c10-7-3-6(4-8(11)5-7)9-12-1-2-13-9/h1-5H. The highest BCUT2D eigenvalue weighted by Crippen LogP contribution is 2.22. The Balaban J connectivity index is 2.53. The van der Waals surface area contributed by atoms with Crippen molar-refractivity contribution in [2.45, 2.75) is 0 Å². The number of oxazole rings is 1. The van der Waals surface area contributed by atoms with Crippen LogP contribution in [0, 0.1) is 5.82 Å². The molecular weight excluding hydrogens is 237 g/mol. The fraction of sp³-hybridized carbons (Fsp3) is 0. The first-order valence-electron chi connectivity index (χ1n) is 3.61. The average molecular weight is 242 g/mol. The first kappa shape index (κ1) is 8.44. The zero-order valence-corrected chi connectivity index (χ0v) is 8.08. The van der Waals surface area contributed by atoms with E-state index in [1.165, 1.54) is 24.6 Å². The van der Waals surface area contributed by atoms with Crippen molar-refractivity contribution in [3.63, 3.8) is 0 Å². The highest BCUT2D eigenvalue weighted by Gasteiger charge is 2.04. The number of hydrogen-bond acceptors (Lipinski definition) is 2. The minimum atomic E-state index is -0.317. The number of rotatable bonds is 1. The molecule has 0 fully saturated rings. The summed E-state index contributed by atoms with van der Waals surface area (Å²) in [7, 11) is 0. The monoisotopic (exact) mass is 241 g/mol. The number of aromatic nitrogens is 1. The Hall–Kier alpha value is -1.16. The summed E-state index contributed by atoms with van der Waals surface area (Å²) in [5, 5.41) is 0. The molecular formula is C9H5BrFNO. The van der Waals surface area contributed by atoms with Gasteiger partial charge in [0, 0.05) is 10.0 Å². The van der Waals surface area contributed by atoms with Crippen LogP contribution in [0.3, 0.4) is 0 Å². The molecule has 1 heterocycles. The third kappa shape index (κ3) is 1.78. The molecule has 0 aliphatic rings. The molecule has 0 amide bonds. The van der Waals surface area contributed by atoms with Crippen LogP contribution in [0.4, 0.5) is 4.39 Å². The molecule has 0 saturated carbocycles. The second-order valence-corrected chi connectivity index (χ2v) is 3.41. The molecule has 13 heavy (non-hydrogen) atoms. The van der Waals surface area contributed by atoms with Gasteiger partial charge in [0.15, 0.2) is 0 Å². The molecule has 0 unspecified atom stereocenters. The highest BCUT2D eigenvalue weighted by atomic mass is 79.9. The van der Waals surface area contributed by atoms with Gasteiger partial charge in [-0.05, 0) is 18.2 Å². The molecule has 0 radical (unpaired) electrons. The summed E-state index contributed by atoms with van der Waals surface area (Å²) in [5.41, 5.74) is 0.622. The van der Waals surface area contributed by atoms with Gasteiger partial charge in [0.05, 0.1) is 6.20 Å². The third-order valence-corrected chi connectivity index (χ3v) is 2.00. The Morgan fingerprint density at radius 1 is 1.31 bits per heavy atom. The fourth-order valence-corrected chi connectivity index (χ4v) is 1.51. The molecule has 0 saturated heterocycles. The van der Waals surface area contributed by atoms with Gasteiger partial charge in [-0.1, -0.05) is 15.9 Å². The molecule has 0 aliphatic carbocycles. The van der Waals surface area contributed by atoms with E-state index in [1.54, 1.807) is 6.07 Å². The van der Waals surface area contributed by atoms with Gasteiger partial charge < -0.3 is 4.42 Å². The average Bonchev–Trinajstić information content (AvgIpc) is 2.53. The van der Waals surface area contributed by atoms with Crippen molar-refractivity contribution in [3.8, 4) is 11.5 Å². The van der Waals surface area contributed by atoms with Crippen molar-refractivity contribution in [2.24, 2.45) is 0 Å². The molecule has 2 nitrogen and oxygen atoms in total. The third-order valence-electron chi connectivity index (χ3n) is 1.54. The smallest absolute Gasteiger partial charge is 0.226 e. The van der Waals surface area contributed by atoms with E-state index in [9.17, 15) is 4.39 Å². The van der Waals surface area contributed by atoms with Crippen molar-refractivity contribution in [1.29, 1.82) is 0 Å². The lowest BCUT2D eigenvalue weighted by atomic mass is 10.2. The number of hydrogen-bond donors (Lipinski definition) is 0. The number of halogens is 2. The van der Waals surface area contributed by atoms with Gasteiger partial charge in [0.25, 0.3) is 0 Å². The van der Waals surface area contributed by atoms with E-state index in [0.717, 1.165) is 0 Å². The lowest BCUT2D eigenvalue weighted by Crippen LogP contribution is -1.80. The van der Waals surface area contributed by atoms with Crippen LogP contribution in [-0.2, 0) is 0 Å². The van der Waals surface area contributed by atoms with E-state index in [2.05, 4.69) is 20.9 Å². The van der Waals surface area contributed by atoms with Crippen LogP contribution >= 0.6 is 15.9 Å². The SMILES string of the molecule is Fc1cc(Br)cc(-c2ncco2)c1. The molecule has 1 aromatic carbocycles. The minimum absolute atomic E-state index is 0.317. The lowest BCUT2D eigenvalue weighted by molar-refractivity contribution is 0.572. The lowest BCUT2D eigenvalue weighted by Gasteiger charge is -1.96. The Morgan fingerprint density at radius 2 is 2.15 bits per heavy atom. The predicted octanol–water partition coefficient (Wildman–Crippen LogP) is 3.24. The summed E-state index contributed by atoms with van der Waals surface area (Å²) in [6, 6.07) is 4.50. The van der Waals surface area contributed by atoms with Crippen molar-refractivity contribution < 1.29 is 8.81 Å². The summed E-state index contributed by atoms with van der Waals surface area (Å²) >= 11 is 3.19. The number of benzene rings is 1. The Morgan fingerprint density at radius 3 is 2.77 bits per heavy atom. The molecule has 0 atom stereocenters. The first-order valence-corrected chi connectivity index (χ1v) is 4.41. The van der Waals surface area contributed by atoms with E-state index in [4.69, 9.17) is 4.42 Å². The summed E-state index contributed by atoms with van der Waals surface area (Å²) in [4.78, 5) is 3.91. The molecule has 66 valence electrons. The molecule has 0 aliphatic heterocycles. The zero-order valence-electron chi connectivity index (χ0n) is 6.50. The molecule has 0 N–H and O–H groups in total. The van der Waals surface area contributed by atoms with Crippen LogP contribution in [0.25, 0.3) is 11.5 Å². The minimum Gasteiger partial charge on any atom is -0.445 e. The fourth-order valence-electron chi connectivity index (χ4n) is 1.04. The van der Waals surface area contributed by atoms with Gasteiger partial charge in [0.1, 0.15) is 12.1 Å². The van der Waals surface area contributed by atoms with E-state index >= 15 is 0 Å². The number of nitrogens with zero attached hydrogens (tertiary/aromatic N) is 1. The Bertz CT molecular complexity index is 393. The topological polar surface area (TPSA) is 26.0 Å². The van der Waals surface area contributed by atoms with Gasteiger partial charge in [-0.15, -0.1) is 0 Å². The van der Waals surface area contributed by atoms with Crippen LogP contribution in [0.5, 0.6) is 0 Å². The van der Waals surface area contributed by atoms with E-state index < -0.39 is 0 Å². The van der Waals surface area contributed by atoms with E-state index in [0.29, 0.717) is 15.9 Å². The molecule has 2 rings (SSSR count). The van der Waals surface area contributed by atoms with Gasteiger partial charge in [-0.2, -0.15) is 0 Å². The summed E-state index contributed by atoms with van der Waals surface area (Å²) in [5.74, 6) is 0.0998. The van der Waals surface area contributed by atoms with Crippen LogP contribution in [0.2, 0.25) is 0 Å². The Kier molecular flexibility index (Phi) is 2.14. The largest absolute Gasteiger partial charge is 0.445 e. The second-order valence-electron chi connectivity index (χ2n) is 2.50. The van der Waals surface area contributed by atoms with Gasteiger partial charge in [-0.25, -0.2) is 9.37 Å². The maximum atomic E-state index is 12.9. The molecule has 1 aromatic heterocycles. The summed E-state index contributed by atoms with van der Waals surface area (Å²) in [6.07, 6.45) is 2.97. The van der Waals surface area contributed by atoms with Crippen molar-refractivity contribution in [2.75, 3.05) is 0 Å². The first-order chi connectivity index (χ1) is 6.25. The zero-order chi connectivity index (χ0) is 9.26. The van der Waals surface area contributed by atoms with Crippen LogP contribution in [-0.4, -0.2) is 4.98 Å². The quantitative estimate of drug-likeness (QED) is 0.767.